The Hall–Kier alpha value is -0.780. The van der Waals surface area contributed by atoms with E-state index in [1.54, 1.807) is 0 Å². The van der Waals surface area contributed by atoms with E-state index in [2.05, 4.69) is 27.8 Å². The Balaban J connectivity index is 2.84. The summed E-state index contributed by atoms with van der Waals surface area (Å²) in [5, 5.41) is 10.3. The molecule has 0 saturated carbocycles. The maximum absolute atomic E-state index is 10.3. The van der Waals surface area contributed by atoms with Crippen LogP contribution in [0.25, 0.3) is 0 Å². The van der Waals surface area contributed by atoms with E-state index in [-0.39, 0.29) is 0 Å². The van der Waals surface area contributed by atoms with Gasteiger partial charge in [0, 0.05) is 10.9 Å². The van der Waals surface area contributed by atoms with Crippen LogP contribution in [0, 0.1) is 11.8 Å². The van der Waals surface area contributed by atoms with Crippen molar-refractivity contribution in [3.63, 3.8) is 0 Å². The molecule has 80 valence electrons. The normalized spacial score (nSPS) is 13.9. The molecule has 0 spiro atoms. The van der Waals surface area contributed by atoms with Crippen LogP contribution in [0.2, 0.25) is 0 Å². The fourth-order valence-electron chi connectivity index (χ4n) is 1.46. The first-order valence-electron chi connectivity index (χ1n) is 4.95. The van der Waals surface area contributed by atoms with Crippen molar-refractivity contribution in [3.8, 4) is 11.8 Å². The van der Waals surface area contributed by atoms with E-state index >= 15 is 0 Å². The summed E-state index contributed by atoms with van der Waals surface area (Å²) >= 11 is 3.45. The number of halogens is 1. The first-order chi connectivity index (χ1) is 7.08. The minimum atomic E-state index is -0.816. The summed E-state index contributed by atoms with van der Waals surface area (Å²) < 4.78 is 0.944. The summed E-state index contributed by atoms with van der Waals surface area (Å²) in [5.74, 6) is 5.80. The van der Waals surface area contributed by atoms with E-state index in [9.17, 15) is 5.11 Å². The van der Waals surface area contributed by atoms with E-state index in [1.807, 2.05) is 38.1 Å². The minimum absolute atomic E-state index is 0.649. The largest absolute Gasteiger partial charge is 0.385 e. The minimum Gasteiger partial charge on any atom is -0.385 e. The second-order valence-electron chi connectivity index (χ2n) is 3.68. The summed E-state index contributed by atoms with van der Waals surface area (Å²) in [7, 11) is 0. The molecule has 1 atom stereocenters. The monoisotopic (exact) mass is 266 g/mol. The smallest absolute Gasteiger partial charge is 0.0888 e. The predicted molar refractivity (Wildman–Crippen MR) is 66.4 cm³/mol. The van der Waals surface area contributed by atoms with Gasteiger partial charge in [0.05, 0.1) is 5.60 Å². The van der Waals surface area contributed by atoms with Crippen LogP contribution in [0.3, 0.4) is 0 Å². The van der Waals surface area contributed by atoms with Crippen LogP contribution in [-0.4, -0.2) is 5.11 Å². The third kappa shape index (κ3) is 3.37. The van der Waals surface area contributed by atoms with E-state index < -0.39 is 5.60 Å². The molecule has 1 rings (SSSR count). The fraction of sp³-hybridized carbons (Fsp3) is 0.385. The van der Waals surface area contributed by atoms with Crippen LogP contribution in [0.1, 0.15) is 32.3 Å². The SMILES string of the molecule is CC#CCCC(C)(O)c1ccccc1Br. The molecule has 0 heterocycles. The van der Waals surface area contributed by atoms with Gasteiger partial charge in [-0.15, -0.1) is 11.8 Å². The van der Waals surface area contributed by atoms with Crippen molar-refractivity contribution >= 4 is 15.9 Å². The molecular weight excluding hydrogens is 252 g/mol. The highest BCUT2D eigenvalue weighted by Gasteiger charge is 2.24. The van der Waals surface area contributed by atoms with Gasteiger partial charge in [0.15, 0.2) is 0 Å². The van der Waals surface area contributed by atoms with Gasteiger partial charge in [0.1, 0.15) is 0 Å². The highest BCUT2D eigenvalue weighted by Crippen LogP contribution is 2.31. The number of benzene rings is 1. The van der Waals surface area contributed by atoms with Crippen molar-refractivity contribution < 1.29 is 5.11 Å². The molecule has 0 radical (unpaired) electrons. The molecule has 1 N–H and O–H groups in total. The molecule has 1 aromatic rings. The van der Waals surface area contributed by atoms with Gasteiger partial charge in [0.2, 0.25) is 0 Å². The van der Waals surface area contributed by atoms with E-state index in [4.69, 9.17) is 0 Å². The second kappa shape index (κ2) is 5.34. The summed E-state index contributed by atoms with van der Waals surface area (Å²) in [6, 6.07) is 7.74. The summed E-state index contributed by atoms with van der Waals surface area (Å²) in [5.41, 5.74) is 0.104. The fourth-order valence-corrected chi connectivity index (χ4v) is 2.18. The molecule has 1 nitrogen and oxygen atoms in total. The van der Waals surface area contributed by atoms with Crippen molar-refractivity contribution in [3.05, 3.63) is 34.3 Å². The van der Waals surface area contributed by atoms with Gasteiger partial charge in [-0.3, -0.25) is 0 Å². The standard InChI is InChI=1S/C13H15BrO/c1-3-4-7-10-13(2,15)11-8-5-6-9-12(11)14/h5-6,8-9,15H,7,10H2,1-2H3. The highest BCUT2D eigenvalue weighted by atomic mass is 79.9. The quantitative estimate of drug-likeness (QED) is 0.831. The van der Waals surface area contributed by atoms with E-state index in [0.29, 0.717) is 12.8 Å². The van der Waals surface area contributed by atoms with Crippen LogP contribution in [-0.2, 0) is 5.60 Å². The van der Waals surface area contributed by atoms with Gasteiger partial charge in [-0.2, -0.15) is 0 Å². The van der Waals surface area contributed by atoms with E-state index in [1.165, 1.54) is 0 Å². The molecule has 0 fully saturated rings. The molecule has 0 aliphatic heterocycles. The van der Waals surface area contributed by atoms with Crippen molar-refractivity contribution in [2.24, 2.45) is 0 Å². The lowest BCUT2D eigenvalue weighted by Crippen LogP contribution is -2.21. The van der Waals surface area contributed by atoms with Crippen molar-refractivity contribution in [2.75, 3.05) is 0 Å². The Morgan fingerprint density at radius 3 is 2.67 bits per heavy atom. The number of rotatable bonds is 3. The molecule has 0 aliphatic carbocycles. The van der Waals surface area contributed by atoms with Crippen LogP contribution in [0.15, 0.2) is 28.7 Å². The van der Waals surface area contributed by atoms with Gasteiger partial charge in [-0.25, -0.2) is 0 Å². The van der Waals surface area contributed by atoms with Crippen LogP contribution in [0.4, 0.5) is 0 Å². The molecule has 1 unspecified atom stereocenters. The third-order valence-electron chi connectivity index (χ3n) is 2.37. The molecule has 0 amide bonds. The predicted octanol–water partition coefficient (Wildman–Crippen LogP) is 3.46. The number of aliphatic hydroxyl groups is 1. The Labute approximate surface area is 99.6 Å². The summed E-state index contributed by atoms with van der Waals surface area (Å²) in [6.07, 6.45) is 1.36. The maximum Gasteiger partial charge on any atom is 0.0888 e. The van der Waals surface area contributed by atoms with Gasteiger partial charge in [-0.1, -0.05) is 34.1 Å². The molecule has 0 bridgehead atoms. The average molecular weight is 267 g/mol. The van der Waals surface area contributed by atoms with Crippen molar-refractivity contribution in [1.29, 1.82) is 0 Å². The lowest BCUT2D eigenvalue weighted by molar-refractivity contribution is 0.0486. The molecule has 15 heavy (non-hydrogen) atoms. The lowest BCUT2D eigenvalue weighted by Gasteiger charge is -2.24. The Kier molecular flexibility index (Phi) is 4.38. The highest BCUT2D eigenvalue weighted by molar-refractivity contribution is 9.10. The van der Waals surface area contributed by atoms with Crippen molar-refractivity contribution in [2.45, 2.75) is 32.3 Å². The number of hydrogen-bond acceptors (Lipinski definition) is 1. The zero-order chi connectivity index (χ0) is 11.3. The van der Waals surface area contributed by atoms with Gasteiger partial charge < -0.3 is 5.11 Å². The first kappa shape index (κ1) is 12.3. The van der Waals surface area contributed by atoms with Crippen molar-refractivity contribution in [1.82, 2.24) is 0 Å². The van der Waals surface area contributed by atoms with Gasteiger partial charge >= 0.3 is 0 Å². The molecule has 2 heteroatoms. The number of hydrogen-bond donors (Lipinski definition) is 1. The Morgan fingerprint density at radius 2 is 2.07 bits per heavy atom. The van der Waals surface area contributed by atoms with E-state index in [0.717, 1.165) is 10.0 Å². The molecule has 1 aromatic carbocycles. The molecular formula is C13H15BrO. The zero-order valence-corrected chi connectivity index (χ0v) is 10.6. The zero-order valence-electron chi connectivity index (χ0n) is 9.05. The van der Waals surface area contributed by atoms with Crippen LogP contribution in [0.5, 0.6) is 0 Å². The topological polar surface area (TPSA) is 20.2 Å². The third-order valence-corrected chi connectivity index (χ3v) is 3.06. The Morgan fingerprint density at radius 1 is 1.40 bits per heavy atom. The second-order valence-corrected chi connectivity index (χ2v) is 4.53. The van der Waals surface area contributed by atoms with Crippen LogP contribution >= 0.6 is 15.9 Å². The summed E-state index contributed by atoms with van der Waals surface area (Å²) in [6.45, 7) is 3.64. The molecule has 0 aromatic heterocycles. The van der Waals surface area contributed by atoms with Gasteiger partial charge in [0.25, 0.3) is 0 Å². The lowest BCUT2D eigenvalue weighted by atomic mass is 9.91. The van der Waals surface area contributed by atoms with Gasteiger partial charge in [-0.05, 0) is 31.9 Å². The maximum atomic E-state index is 10.3. The average Bonchev–Trinajstić information content (AvgIpc) is 2.18. The van der Waals surface area contributed by atoms with Crippen LogP contribution < -0.4 is 0 Å². The summed E-state index contributed by atoms with van der Waals surface area (Å²) in [4.78, 5) is 0. The Bertz CT molecular complexity index is 385. The molecule has 0 saturated heterocycles. The molecule has 0 aliphatic rings. The first-order valence-corrected chi connectivity index (χ1v) is 5.74.